The van der Waals surface area contributed by atoms with E-state index in [0.29, 0.717) is 5.92 Å². The molecule has 1 atom stereocenters. The van der Waals surface area contributed by atoms with Crippen molar-refractivity contribution >= 4 is 0 Å². The maximum absolute atomic E-state index is 5.61. The molecule has 2 rings (SSSR count). The maximum Gasteiger partial charge on any atom is 0.123 e. The van der Waals surface area contributed by atoms with Gasteiger partial charge in [-0.2, -0.15) is 0 Å². The van der Waals surface area contributed by atoms with Crippen LogP contribution in [0.15, 0.2) is 18.2 Å². The van der Waals surface area contributed by atoms with Crippen LogP contribution in [-0.4, -0.2) is 13.7 Å². The van der Waals surface area contributed by atoms with Gasteiger partial charge in [-0.15, -0.1) is 0 Å². The van der Waals surface area contributed by atoms with Gasteiger partial charge < -0.3 is 9.47 Å². The molecule has 1 aliphatic heterocycles. The number of rotatable bonds is 3. The van der Waals surface area contributed by atoms with Crippen LogP contribution in [0.3, 0.4) is 0 Å². The Morgan fingerprint density at radius 3 is 3.07 bits per heavy atom. The van der Waals surface area contributed by atoms with Crippen molar-refractivity contribution in [3.63, 3.8) is 0 Å². The summed E-state index contributed by atoms with van der Waals surface area (Å²) in [6.45, 7) is 3.04. The molecule has 0 radical (unpaired) electrons. The van der Waals surface area contributed by atoms with Gasteiger partial charge in [0.1, 0.15) is 11.5 Å². The number of ether oxygens (including phenoxy) is 2. The minimum atomic E-state index is 0.560. The molecule has 0 amide bonds. The summed E-state index contributed by atoms with van der Waals surface area (Å²) in [4.78, 5) is 0. The first-order valence-corrected chi connectivity index (χ1v) is 5.16. The highest BCUT2D eigenvalue weighted by molar-refractivity contribution is 5.44. The summed E-state index contributed by atoms with van der Waals surface area (Å²) in [5, 5.41) is 0. The molecule has 14 heavy (non-hydrogen) atoms. The second kappa shape index (κ2) is 3.91. The van der Waals surface area contributed by atoms with E-state index in [1.807, 2.05) is 12.1 Å². The molecule has 0 bridgehead atoms. The van der Waals surface area contributed by atoms with Crippen LogP contribution in [0.1, 0.15) is 31.2 Å². The first kappa shape index (κ1) is 9.38. The highest BCUT2D eigenvalue weighted by Gasteiger charge is 2.23. The minimum Gasteiger partial charge on any atom is -0.497 e. The van der Waals surface area contributed by atoms with Crippen molar-refractivity contribution in [2.24, 2.45) is 0 Å². The summed E-state index contributed by atoms with van der Waals surface area (Å²) < 4.78 is 10.8. The molecule has 2 heteroatoms. The van der Waals surface area contributed by atoms with Gasteiger partial charge in [0.15, 0.2) is 0 Å². The van der Waals surface area contributed by atoms with Gasteiger partial charge in [0.05, 0.1) is 13.7 Å². The van der Waals surface area contributed by atoms with E-state index in [1.54, 1.807) is 7.11 Å². The molecule has 0 fully saturated rings. The normalized spacial score (nSPS) is 18.9. The highest BCUT2D eigenvalue weighted by atomic mass is 16.5. The van der Waals surface area contributed by atoms with E-state index in [0.717, 1.165) is 18.1 Å². The largest absolute Gasteiger partial charge is 0.497 e. The fourth-order valence-corrected chi connectivity index (χ4v) is 1.97. The monoisotopic (exact) mass is 192 g/mol. The van der Waals surface area contributed by atoms with Gasteiger partial charge in [-0.05, 0) is 24.6 Å². The van der Waals surface area contributed by atoms with Crippen molar-refractivity contribution in [1.82, 2.24) is 0 Å². The average molecular weight is 192 g/mol. The van der Waals surface area contributed by atoms with Crippen molar-refractivity contribution in [3.8, 4) is 11.5 Å². The summed E-state index contributed by atoms with van der Waals surface area (Å²) in [6, 6.07) is 6.06. The smallest absolute Gasteiger partial charge is 0.123 e. The highest BCUT2D eigenvalue weighted by Crippen LogP contribution is 2.38. The zero-order valence-electron chi connectivity index (χ0n) is 8.75. The number of hydrogen-bond acceptors (Lipinski definition) is 2. The van der Waals surface area contributed by atoms with Crippen LogP contribution in [0, 0.1) is 0 Å². The van der Waals surface area contributed by atoms with E-state index in [1.165, 1.54) is 18.4 Å². The second-order valence-corrected chi connectivity index (χ2v) is 3.70. The van der Waals surface area contributed by atoms with Gasteiger partial charge >= 0.3 is 0 Å². The van der Waals surface area contributed by atoms with E-state index in [2.05, 4.69) is 13.0 Å². The fraction of sp³-hybridized carbons (Fsp3) is 0.500. The van der Waals surface area contributed by atoms with Crippen LogP contribution in [0.4, 0.5) is 0 Å². The number of fused-ring (bicyclic) bond motifs is 1. The SMILES string of the molecule is CCCC1COc2ccc(OC)cc21. The van der Waals surface area contributed by atoms with Crippen LogP contribution < -0.4 is 9.47 Å². The summed E-state index contributed by atoms with van der Waals surface area (Å²) >= 11 is 0. The molecule has 0 aliphatic carbocycles. The van der Waals surface area contributed by atoms with Gasteiger partial charge in [0.25, 0.3) is 0 Å². The molecular formula is C12H16O2. The lowest BCUT2D eigenvalue weighted by Crippen LogP contribution is -1.99. The Morgan fingerprint density at radius 2 is 2.36 bits per heavy atom. The molecule has 2 nitrogen and oxygen atoms in total. The predicted octanol–water partition coefficient (Wildman–Crippen LogP) is 2.97. The van der Waals surface area contributed by atoms with Crippen molar-refractivity contribution in [3.05, 3.63) is 23.8 Å². The average Bonchev–Trinajstić information content (AvgIpc) is 2.61. The maximum atomic E-state index is 5.61. The molecule has 0 saturated heterocycles. The quantitative estimate of drug-likeness (QED) is 0.733. The van der Waals surface area contributed by atoms with Crippen LogP contribution in [0.25, 0.3) is 0 Å². The molecular weight excluding hydrogens is 176 g/mol. The molecule has 0 N–H and O–H groups in total. The third-order valence-corrected chi connectivity index (χ3v) is 2.73. The molecule has 1 heterocycles. The lowest BCUT2D eigenvalue weighted by atomic mass is 9.96. The molecule has 1 unspecified atom stereocenters. The van der Waals surface area contributed by atoms with Crippen molar-refractivity contribution in [2.45, 2.75) is 25.7 Å². The lowest BCUT2D eigenvalue weighted by molar-refractivity contribution is 0.324. The first-order valence-electron chi connectivity index (χ1n) is 5.16. The standard InChI is InChI=1S/C12H16O2/c1-3-4-9-8-14-12-6-5-10(13-2)7-11(9)12/h5-7,9H,3-4,8H2,1-2H3. The number of benzene rings is 1. The zero-order chi connectivity index (χ0) is 9.97. The molecule has 1 aromatic carbocycles. The molecule has 0 spiro atoms. The molecule has 0 saturated carbocycles. The Hall–Kier alpha value is -1.18. The van der Waals surface area contributed by atoms with E-state index in [4.69, 9.17) is 9.47 Å². The van der Waals surface area contributed by atoms with Crippen LogP contribution in [0.5, 0.6) is 11.5 Å². The summed E-state index contributed by atoms with van der Waals surface area (Å²) in [5.41, 5.74) is 1.31. The third kappa shape index (κ3) is 1.57. The Labute approximate surface area is 84.8 Å². The Balaban J connectivity index is 2.27. The summed E-state index contributed by atoms with van der Waals surface area (Å²) in [6.07, 6.45) is 2.39. The first-order chi connectivity index (χ1) is 6.85. The van der Waals surface area contributed by atoms with Gasteiger partial charge in [0, 0.05) is 11.5 Å². The lowest BCUT2D eigenvalue weighted by Gasteiger charge is -2.07. The van der Waals surface area contributed by atoms with E-state index in [-0.39, 0.29) is 0 Å². The number of hydrogen-bond donors (Lipinski definition) is 0. The van der Waals surface area contributed by atoms with E-state index < -0.39 is 0 Å². The van der Waals surface area contributed by atoms with E-state index >= 15 is 0 Å². The minimum absolute atomic E-state index is 0.560. The molecule has 1 aliphatic rings. The van der Waals surface area contributed by atoms with Crippen molar-refractivity contribution in [2.75, 3.05) is 13.7 Å². The fourth-order valence-electron chi connectivity index (χ4n) is 1.97. The number of methoxy groups -OCH3 is 1. The Bertz CT molecular complexity index is 318. The van der Waals surface area contributed by atoms with Crippen LogP contribution in [0.2, 0.25) is 0 Å². The van der Waals surface area contributed by atoms with Crippen LogP contribution >= 0.6 is 0 Å². The Morgan fingerprint density at radius 1 is 1.50 bits per heavy atom. The van der Waals surface area contributed by atoms with Crippen LogP contribution in [-0.2, 0) is 0 Å². The Kier molecular flexibility index (Phi) is 2.62. The topological polar surface area (TPSA) is 18.5 Å². The molecule has 76 valence electrons. The van der Waals surface area contributed by atoms with Gasteiger partial charge in [-0.3, -0.25) is 0 Å². The van der Waals surface area contributed by atoms with Crippen molar-refractivity contribution in [1.29, 1.82) is 0 Å². The second-order valence-electron chi connectivity index (χ2n) is 3.70. The van der Waals surface area contributed by atoms with Gasteiger partial charge in [-0.1, -0.05) is 13.3 Å². The summed E-state index contributed by atoms with van der Waals surface area (Å²) in [5.74, 6) is 2.52. The predicted molar refractivity (Wildman–Crippen MR) is 56.1 cm³/mol. The van der Waals surface area contributed by atoms with Gasteiger partial charge in [0.2, 0.25) is 0 Å². The van der Waals surface area contributed by atoms with E-state index in [9.17, 15) is 0 Å². The molecule has 0 aromatic heterocycles. The van der Waals surface area contributed by atoms with Gasteiger partial charge in [-0.25, -0.2) is 0 Å². The summed E-state index contributed by atoms with van der Waals surface area (Å²) in [7, 11) is 1.70. The zero-order valence-corrected chi connectivity index (χ0v) is 8.75. The third-order valence-electron chi connectivity index (χ3n) is 2.73. The molecule has 1 aromatic rings. The van der Waals surface area contributed by atoms with Crippen molar-refractivity contribution < 1.29 is 9.47 Å².